The largest absolute Gasteiger partial charge is 0.497 e. The molecule has 1 fully saturated rings. The van der Waals surface area contributed by atoms with Gasteiger partial charge in [-0.1, -0.05) is 15.9 Å². The predicted octanol–water partition coefficient (Wildman–Crippen LogP) is 2.98. The molecule has 0 atom stereocenters. The van der Waals surface area contributed by atoms with Crippen molar-refractivity contribution in [3.8, 4) is 11.5 Å². The molecule has 1 aliphatic heterocycles. The molecule has 1 saturated heterocycles. The van der Waals surface area contributed by atoms with Gasteiger partial charge >= 0.3 is 0 Å². The molecular formula is C18H21BrN2O4S. The van der Waals surface area contributed by atoms with E-state index >= 15 is 0 Å². The minimum absolute atomic E-state index is 0.136. The Hall–Kier alpha value is -1.77. The molecule has 0 radical (unpaired) electrons. The summed E-state index contributed by atoms with van der Waals surface area (Å²) in [5.74, 6) is 0.805. The van der Waals surface area contributed by atoms with E-state index in [9.17, 15) is 8.42 Å². The lowest BCUT2D eigenvalue weighted by molar-refractivity contribution is 0.371. The fourth-order valence-electron chi connectivity index (χ4n) is 2.96. The minimum Gasteiger partial charge on any atom is -0.497 e. The van der Waals surface area contributed by atoms with Crippen LogP contribution in [0.5, 0.6) is 11.5 Å². The molecule has 2 aromatic rings. The van der Waals surface area contributed by atoms with Crippen molar-refractivity contribution in [2.75, 3.05) is 45.3 Å². The van der Waals surface area contributed by atoms with Crippen LogP contribution < -0.4 is 14.4 Å². The lowest BCUT2D eigenvalue weighted by atomic mass is 10.2. The summed E-state index contributed by atoms with van der Waals surface area (Å²) in [6.07, 6.45) is 0. The minimum atomic E-state index is -3.66. The fraction of sp³-hybridized carbons (Fsp3) is 0.333. The molecule has 0 aromatic heterocycles. The number of piperazine rings is 1. The van der Waals surface area contributed by atoms with Crippen LogP contribution >= 0.6 is 15.9 Å². The van der Waals surface area contributed by atoms with Crippen molar-refractivity contribution in [1.82, 2.24) is 4.31 Å². The van der Waals surface area contributed by atoms with Crippen molar-refractivity contribution in [3.63, 3.8) is 0 Å². The average molecular weight is 441 g/mol. The molecule has 6 nitrogen and oxygen atoms in total. The highest BCUT2D eigenvalue weighted by atomic mass is 79.9. The first kappa shape index (κ1) is 19.0. The first-order valence-electron chi connectivity index (χ1n) is 8.18. The number of nitrogens with zero attached hydrogens (tertiary/aromatic N) is 2. The van der Waals surface area contributed by atoms with Crippen LogP contribution in [0.4, 0.5) is 5.69 Å². The highest BCUT2D eigenvalue weighted by molar-refractivity contribution is 9.10. The van der Waals surface area contributed by atoms with Gasteiger partial charge < -0.3 is 14.4 Å². The van der Waals surface area contributed by atoms with Crippen molar-refractivity contribution >= 4 is 31.6 Å². The van der Waals surface area contributed by atoms with Gasteiger partial charge in [-0.2, -0.15) is 4.31 Å². The number of halogens is 1. The third-order valence-electron chi connectivity index (χ3n) is 4.42. The molecule has 140 valence electrons. The zero-order chi connectivity index (χ0) is 18.7. The topological polar surface area (TPSA) is 59.1 Å². The molecule has 0 bridgehead atoms. The SMILES string of the molecule is COc1ccc(OC)c(S(=O)(=O)N2CCN(c3ccc(Br)cc3)CC2)c1. The van der Waals surface area contributed by atoms with E-state index in [0.717, 1.165) is 10.2 Å². The maximum Gasteiger partial charge on any atom is 0.247 e. The molecule has 0 amide bonds. The smallest absolute Gasteiger partial charge is 0.247 e. The highest BCUT2D eigenvalue weighted by Gasteiger charge is 2.31. The van der Waals surface area contributed by atoms with Crippen LogP contribution in [0.3, 0.4) is 0 Å². The predicted molar refractivity (Wildman–Crippen MR) is 105 cm³/mol. The van der Waals surface area contributed by atoms with Gasteiger partial charge in [-0.3, -0.25) is 0 Å². The second-order valence-corrected chi connectivity index (χ2v) is 8.71. The van der Waals surface area contributed by atoms with Gasteiger partial charge in [-0.25, -0.2) is 8.42 Å². The van der Waals surface area contributed by atoms with Crippen LogP contribution in [0.25, 0.3) is 0 Å². The number of hydrogen-bond acceptors (Lipinski definition) is 5. The Morgan fingerprint density at radius 3 is 2.15 bits per heavy atom. The molecule has 0 unspecified atom stereocenters. The summed E-state index contributed by atoms with van der Waals surface area (Å²) < 4.78 is 39.1. The van der Waals surface area contributed by atoms with Gasteiger partial charge in [0.2, 0.25) is 10.0 Å². The van der Waals surface area contributed by atoms with E-state index in [-0.39, 0.29) is 4.90 Å². The zero-order valence-electron chi connectivity index (χ0n) is 14.7. The normalized spacial score (nSPS) is 15.7. The van der Waals surface area contributed by atoms with Crippen molar-refractivity contribution < 1.29 is 17.9 Å². The third-order valence-corrected chi connectivity index (χ3v) is 6.87. The quantitative estimate of drug-likeness (QED) is 0.714. The van der Waals surface area contributed by atoms with Gasteiger partial charge in [0.05, 0.1) is 14.2 Å². The Morgan fingerprint density at radius 1 is 0.923 bits per heavy atom. The molecule has 0 N–H and O–H groups in total. The number of anilines is 1. The monoisotopic (exact) mass is 440 g/mol. The molecule has 26 heavy (non-hydrogen) atoms. The highest BCUT2D eigenvalue weighted by Crippen LogP contribution is 2.31. The van der Waals surface area contributed by atoms with Gasteiger partial charge in [0.25, 0.3) is 0 Å². The summed E-state index contributed by atoms with van der Waals surface area (Å²) in [4.78, 5) is 2.32. The molecule has 1 heterocycles. The van der Waals surface area contributed by atoms with E-state index in [0.29, 0.717) is 37.7 Å². The Labute approximate surface area is 162 Å². The van der Waals surface area contributed by atoms with Gasteiger partial charge in [0.15, 0.2) is 0 Å². The molecule has 0 spiro atoms. The maximum atomic E-state index is 13.1. The summed E-state index contributed by atoms with van der Waals surface area (Å²) in [6, 6.07) is 12.8. The molecule has 2 aromatic carbocycles. The average Bonchev–Trinajstić information content (AvgIpc) is 2.68. The summed E-state index contributed by atoms with van der Waals surface area (Å²) >= 11 is 3.43. The molecule has 0 aliphatic carbocycles. The van der Waals surface area contributed by atoms with Crippen LogP contribution in [0.15, 0.2) is 51.8 Å². The molecular weight excluding hydrogens is 420 g/mol. The zero-order valence-corrected chi connectivity index (χ0v) is 17.1. The van der Waals surface area contributed by atoms with Crippen molar-refractivity contribution in [2.45, 2.75) is 4.90 Å². The first-order chi connectivity index (χ1) is 12.5. The van der Waals surface area contributed by atoms with Crippen molar-refractivity contribution in [2.24, 2.45) is 0 Å². The van der Waals surface area contributed by atoms with E-state index in [2.05, 4.69) is 20.8 Å². The van der Waals surface area contributed by atoms with E-state index in [1.54, 1.807) is 12.1 Å². The summed E-state index contributed by atoms with van der Waals surface area (Å²) in [6.45, 7) is 2.10. The summed E-state index contributed by atoms with van der Waals surface area (Å²) in [5.41, 5.74) is 1.09. The number of rotatable bonds is 5. The maximum absolute atomic E-state index is 13.1. The second-order valence-electron chi connectivity index (χ2n) is 5.88. The molecule has 3 rings (SSSR count). The fourth-order valence-corrected chi connectivity index (χ4v) is 4.82. The molecule has 0 saturated carbocycles. The van der Waals surface area contributed by atoms with E-state index < -0.39 is 10.0 Å². The van der Waals surface area contributed by atoms with Crippen LogP contribution in [0.1, 0.15) is 0 Å². The van der Waals surface area contributed by atoms with Crippen LogP contribution in [0.2, 0.25) is 0 Å². The van der Waals surface area contributed by atoms with Gasteiger partial charge in [0, 0.05) is 42.4 Å². The summed E-state index contributed by atoms with van der Waals surface area (Å²) in [5, 5.41) is 0. The molecule has 8 heteroatoms. The van der Waals surface area contributed by atoms with Gasteiger partial charge in [-0.15, -0.1) is 0 Å². The lowest BCUT2D eigenvalue weighted by Gasteiger charge is -2.35. The number of ether oxygens (including phenoxy) is 2. The third kappa shape index (κ3) is 3.82. The number of benzene rings is 2. The van der Waals surface area contributed by atoms with E-state index in [4.69, 9.17) is 9.47 Å². The number of sulfonamides is 1. The molecule has 1 aliphatic rings. The second kappa shape index (κ2) is 7.85. The Balaban J connectivity index is 1.79. The van der Waals surface area contributed by atoms with Crippen molar-refractivity contribution in [3.05, 3.63) is 46.9 Å². The Bertz CT molecular complexity index is 863. The standard InChI is InChI=1S/C18H21BrN2O4S/c1-24-16-7-8-17(25-2)18(13-16)26(22,23)21-11-9-20(10-12-21)15-5-3-14(19)4-6-15/h3-8,13H,9-12H2,1-2H3. The summed E-state index contributed by atoms with van der Waals surface area (Å²) in [7, 11) is -0.682. The van der Waals surface area contributed by atoms with Crippen LogP contribution in [0, 0.1) is 0 Å². The first-order valence-corrected chi connectivity index (χ1v) is 10.4. The number of methoxy groups -OCH3 is 2. The van der Waals surface area contributed by atoms with Gasteiger partial charge in [-0.05, 0) is 36.4 Å². The van der Waals surface area contributed by atoms with Crippen LogP contribution in [-0.2, 0) is 10.0 Å². The Morgan fingerprint density at radius 2 is 1.58 bits per heavy atom. The van der Waals surface area contributed by atoms with Crippen molar-refractivity contribution in [1.29, 1.82) is 0 Å². The lowest BCUT2D eigenvalue weighted by Crippen LogP contribution is -2.48. The van der Waals surface area contributed by atoms with E-state index in [1.165, 1.54) is 24.6 Å². The van der Waals surface area contributed by atoms with E-state index in [1.807, 2.05) is 24.3 Å². The Kier molecular flexibility index (Phi) is 5.74. The van der Waals surface area contributed by atoms with Crippen LogP contribution in [-0.4, -0.2) is 53.1 Å². The van der Waals surface area contributed by atoms with Gasteiger partial charge in [0.1, 0.15) is 16.4 Å². The number of hydrogen-bond donors (Lipinski definition) is 0.